The van der Waals surface area contributed by atoms with Gasteiger partial charge in [0.1, 0.15) is 0 Å². The number of pyridine rings is 1. The average Bonchev–Trinajstić information content (AvgIpc) is 3.61. The number of rotatable bonds is 7. The van der Waals surface area contributed by atoms with Gasteiger partial charge in [0.05, 0.1) is 17.9 Å². The van der Waals surface area contributed by atoms with Crippen LogP contribution in [0.5, 0.6) is 0 Å². The lowest BCUT2D eigenvalue weighted by atomic mass is 9.96. The summed E-state index contributed by atoms with van der Waals surface area (Å²) in [6, 6.07) is 3.77. The Morgan fingerprint density at radius 2 is 2.00 bits per heavy atom. The van der Waals surface area contributed by atoms with Gasteiger partial charge in [0, 0.05) is 55.8 Å². The Labute approximate surface area is 165 Å². The minimum Gasteiger partial charge on any atom is -0.380 e. The van der Waals surface area contributed by atoms with Gasteiger partial charge >= 0.3 is 0 Å². The van der Waals surface area contributed by atoms with Crippen LogP contribution in [0.25, 0.3) is 0 Å². The van der Waals surface area contributed by atoms with Gasteiger partial charge in [-0.2, -0.15) is 5.10 Å². The van der Waals surface area contributed by atoms with Gasteiger partial charge in [-0.05, 0) is 56.6 Å². The molecule has 1 amide bonds. The molecule has 5 rings (SSSR count). The second kappa shape index (κ2) is 7.32. The monoisotopic (exact) mass is 380 g/mol. The number of ether oxygens (including phenoxy) is 1. The summed E-state index contributed by atoms with van der Waals surface area (Å²) in [6.45, 7) is 5.68. The standard InChI is InChI=1S/C22H28N4O2/c1-15-2-7-18(8-23-15)22(27)25-10-19-12-26(9-16-3-4-16)24-21(19)20(11-25)14-28-13-17-5-6-17/h2,7-8,12,16-17,20H,3-6,9-11,13-14H2,1H3. The van der Waals surface area contributed by atoms with E-state index in [1.165, 1.54) is 31.2 Å². The van der Waals surface area contributed by atoms with Crippen LogP contribution in [0.15, 0.2) is 24.5 Å². The second-order valence-corrected chi connectivity index (χ2v) is 8.76. The molecular formula is C22H28N4O2. The molecule has 2 aliphatic carbocycles. The van der Waals surface area contributed by atoms with Crippen molar-refractivity contribution in [3.63, 3.8) is 0 Å². The molecule has 2 fully saturated rings. The summed E-state index contributed by atoms with van der Waals surface area (Å²) < 4.78 is 8.10. The molecule has 2 aromatic heterocycles. The summed E-state index contributed by atoms with van der Waals surface area (Å²) in [7, 11) is 0. The molecule has 1 atom stereocenters. The number of amides is 1. The SMILES string of the molecule is Cc1ccc(C(=O)N2Cc3cn(CC4CC4)nc3C(COCC3CC3)C2)cn1. The molecule has 28 heavy (non-hydrogen) atoms. The summed E-state index contributed by atoms with van der Waals surface area (Å²) in [5, 5.41) is 4.89. The fraction of sp³-hybridized carbons (Fsp3) is 0.591. The van der Waals surface area contributed by atoms with Crippen LogP contribution in [-0.2, 0) is 17.8 Å². The molecule has 0 spiro atoms. The molecular weight excluding hydrogens is 352 g/mol. The van der Waals surface area contributed by atoms with Crippen LogP contribution in [0.4, 0.5) is 0 Å². The van der Waals surface area contributed by atoms with Crippen LogP contribution in [0.2, 0.25) is 0 Å². The van der Waals surface area contributed by atoms with Gasteiger partial charge in [-0.3, -0.25) is 14.5 Å². The predicted molar refractivity (Wildman–Crippen MR) is 105 cm³/mol. The highest BCUT2D eigenvalue weighted by Gasteiger charge is 2.33. The molecule has 2 saturated carbocycles. The molecule has 2 aromatic rings. The second-order valence-electron chi connectivity index (χ2n) is 8.76. The van der Waals surface area contributed by atoms with E-state index in [2.05, 4.69) is 15.9 Å². The third-order valence-corrected chi connectivity index (χ3v) is 6.02. The molecule has 0 saturated heterocycles. The summed E-state index contributed by atoms with van der Waals surface area (Å²) in [5.74, 6) is 1.71. The number of carbonyl (C=O) groups excluding carboxylic acids is 1. The van der Waals surface area contributed by atoms with Crippen molar-refractivity contribution in [1.82, 2.24) is 19.7 Å². The van der Waals surface area contributed by atoms with Crippen molar-refractivity contribution in [1.29, 1.82) is 0 Å². The summed E-state index contributed by atoms with van der Waals surface area (Å²) in [4.78, 5) is 19.3. The van der Waals surface area contributed by atoms with Crippen molar-refractivity contribution >= 4 is 5.91 Å². The van der Waals surface area contributed by atoms with Crippen LogP contribution in [0.1, 0.15) is 58.9 Å². The Hall–Kier alpha value is -2.21. The van der Waals surface area contributed by atoms with Crippen LogP contribution in [0, 0.1) is 18.8 Å². The first kappa shape index (κ1) is 17.9. The predicted octanol–water partition coefficient (Wildman–Crippen LogP) is 3.16. The van der Waals surface area contributed by atoms with E-state index in [9.17, 15) is 4.79 Å². The number of hydrogen-bond donors (Lipinski definition) is 0. The molecule has 1 aliphatic heterocycles. The van der Waals surface area contributed by atoms with Crippen molar-refractivity contribution in [2.75, 3.05) is 19.8 Å². The molecule has 3 heterocycles. The van der Waals surface area contributed by atoms with Crippen molar-refractivity contribution in [2.24, 2.45) is 11.8 Å². The number of aryl methyl sites for hydroxylation is 1. The van der Waals surface area contributed by atoms with E-state index in [1.54, 1.807) is 6.20 Å². The fourth-order valence-corrected chi connectivity index (χ4v) is 3.95. The highest BCUT2D eigenvalue weighted by Crippen LogP contribution is 2.34. The van der Waals surface area contributed by atoms with E-state index in [4.69, 9.17) is 9.84 Å². The highest BCUT2D eigenvalue weighted by molar-refractivity contribution is 5.94. The Balaban J connectivity index is 1.34. The zero-order chi connectivity index (χ0) is 19.1. The molecule has 6 nitrogen and oxygen atoms in total. The lowest BCUT2D eigenvalue weighted by Crippen LogP contribution is -2.39. The number of hydrogen-bond acceptors (Lipinski definition) is 4. The molecule has 1 unspecified atom stereocenters. The number of carbonyl (C=O) groups is 1. The maximum atomic E-state index is 13.1. The molecule has 6 heteroatoms. The number of fused-ring (bicyclic) bond motifs is 1. The van der Waals surface area contributed by atoms with Gasteiger partial charge < -0.3 is 9.64 Å². The van der Waals surface area contributed by atoms with Crippen LogP contribution in [0.3, 0.4) is 0 Å². The lowest BCUT2D eigenvalue weighted by Gasteiger charge is -2.32. The largest absolute Gasteiger partial charge is 0.380 e. The third kappa shape index (κ3) is 3.97. The summed E-state index contributed by atoms with van der Waals surface area (Å²) in [5.41, 5.74) is 3.87. The number of aromatic nitrogens is 3. The van der Waals surface area contributed by atoms with E-state index < -0.39 is 0 Å². The molecule has 148 valence electrons. The Kier molecular flexibility index (Phi) is 4.67. The van der Waals surface area contributed by atoms with Gasteiger partial charge in [0.15, 0.2) is 0 Å². The Morgan fingerprint density at radius 3 is 2.71 bits per heavy atom. The molecule has 0 N–H and O–H groups in total. The van der Waals surface area contributed by atoms with Gasteiger partial charge in [0.2, 0.25) is 0 Å². The molecule has 3 aliphatic rings. The van der Waals surface area contributed by atoms with Crippen LogP contribution in [-0.4, -0.2) is 45.3 Å². The minimum atomic E-state index is 0.0419. The van der Waals surface area contributed by atoms with Crippen LogP contribution < -0.4 is 0 Å². The van der Waals surface area contributed by atoms with E-state index >= 15 is 0 Å². The van der Waals surface area contributed by atoms with E-state index in [0.29, 0.717) is 25.3 Å². The highest BCUT2D eigenvalue weighted by atomic mass is 16.5. The molecule has 0 radical (unpaired) electrons. The summed E-state index contributed by atoms with van der Waals surface area (Å²) in [6.07, 6.45) is 9.03. The summed E-state index contributed by atoms with van der Waals surface area (Å²) >= 11 is 0. The minimum absolute atomic E-state index is 0.0419. The number of nitrogens with zero attached hydrogens (tertiary/aromatic N) is 4. The van der Waals surface area contributed by atoms with Gasteiger partial charge in [-0.1, -0.05) is 0 Å². The van der Waals surface area contributed by atoms with Gasteiger partial charge in [0.25, 0.3) is 5.91 Å². The zero-order valence-corrected chi connectivity index (χ0v) is 16.5. The maximum absolute atomic E-state index is 13.1. The lowest BCUT2D eigenvalue weighted by molar-refractivity contribution is 0.0625. The quantitative estimate of drug-likeness (QED) is 0.740. The van der Waals surface area contributed by atoms with Gasteiger partial charge in [-0.25, -0.2) is 0 Å². The Morgan fingerprint density at radius 1 is 1.18 bits per heavy atom. The molecule has 0 aromatic carbocycles. The van der Waals surface area contributed by atoms with E-state index in [0.717, 1.165) is 36.4 Å². The Bertz CT molecular complexity index is 852. The normalized spacial score (nSPS) is 21.6. The smallest absolute Gasteiger partial charge is 0.255 e. The first-order chi connectivity index (χ1) is 13.7. The van der Waals surface area contributed by atoms with Crippen molar-refractivity contribution < 1.29 is 9.53 Å². The third-order valence-electron chi connectivity index (χ3n) is 6.02. The van der Waals surface area contributed by atoms with Crippen molar-refractivity contribution in [3.8, 4) is 0 Å². The first-order valence-electron chi connectivity index (χ1n) is 10.5. The molecule has 0 bridgehead atoms. The first-order valence-corrected chi connectivity index (χ1v) is 10.5. The van der Waals surface area contributed by atoms with Crippen LogP contribution >= 0.6 is 0 Å². The fourth-order valence-electron chi connectivity index (χ4n) is 3.95. The van der Waals surface area contributed by atoms with Crippen molar-refractivity contribution in [3.05, 3.63) is 47.0 Å². The maximum Gasteiger partial charge on any atom is 0.255 e. The van der Waals surface area contributed by atoms with Crippen molar-refractivity contribution in [2.45, 2.75) is 51.6 Å². The zero-order valence-electron chi connectivity index (χ0n) is 16.5. The average molecular weight is 380 g/mol. The topological polar surface area (TPSA) is 60.2 Å². The van der Waals surface area contributed by atoms with E-state index in [1.807, 2.05) is 24.0 Å². The van der Waals surface area contributed by atoms with E-state index in [-0.39, 0.29) is 11.8 Å². The van der Waals surface area contributed by atoms with Gasteiger partial charge in [-0.15, -0.1) is 0 Å².